The van der Waals surface area contributed by atoms with Crippen molar-refractivity contribution in [1.82, 2.24) is 4.90 Å². The van der Waals surface area contributed by atoms with Gasteiger partial charge in [0.1, 0.15) is 5.75 Å². The van der Waals surface area contributed by atoms with Gasteiger partial charge in [-0.05, 0) is 75.0 Å². The molecule has 2 rings (SSSR count). The fraction of sp³-hybridized carbons (Fsp3) is 0.417. The van der Waals surface area contributed by atoms with Crippen molar-refractivity contribution in [3.05, 3.63) is 78.4 Å². The molecule has 0 amide bonds. The number of hydrogen-bond acceptors (Lipinski definition) is 2. The molecule has 2 heteroatoms. The molecule has 0 atom stereocenters. The van der Waals surface area contributed by atoms with Gasteiger partial charge in [0.2, 0.25) is 0 Å². The Morgan fingerprint density at radius 3 is 2.08 bits per heavy atom. The van der Waals surface area contributed by atoms with E-state index in [2.05, 4.69) is 73.0 Å². The van der Waals surface area contributed by atoms with Crippen molar-refractivity contribution >= 4 is 0 Å². The second-order valence-corrected chi connectivity index (χ2v) is 6.70. The molecule has 0 heterocycles. The third-order valence-electron chi connectivity index (χ3n) is 4.68. The predicted octanol–water partition coefficient (Wildman–Crippen LogP) is 5.53. The van der Waals surface area contributed by atoms with Gasteiger partial charge in [-0.2, -0.15) is 0 Å². The number of rotatable bonds is 13. The first kappa shape index (κ1) is 20.3. The minimum Gasteiger partial charge on any atom is -0.493 e. The number of benzene rings is 2. The summed E-state index contributed by atoms with van der Waals surface area (Å²) in [6.45, 7) is 10.2. The Hall–Kier alpha value is -2.06. The largest absolute Gasteiger partial charge is 0.493 e. The Labute approximate surface area is 159 Å². The summed E-state index contributed by atoms with van der Waals surface area (Å²) in [5.41, 5.74) is 2.83. The van der Waals surface area contributed by atoms with E-state index in [1.807, 2.05) is 6.08 Å². The third-order valence-corrected chi connectivity index (χ3v) is 4.68. The van der Waals surface area contributed by atoms with Gasteiger partial charge in [-0.15, -0.1) is 6.58 Å². The van der Waals surface area contributed by atoms with E-state index in [9.17, 15) is 0 Å². The summed E-state index contributed by atoms with van der Waals surface area (Å²) in [6, 6.07) is 19.3. The Kier molecular flexibility index (Phi) is 9.60. The van der Waals surface area contributed by atoms with Crippen LogP contribution in [0.1, 0.15) is 37.3 Å². The van der Waals surface area contributed by atoms with E-state index in [0.717, 1.165) is 25.1 Å². The molecule has 26 heavy (non-hydrogen) atoms. The van der Waals surface area contributed by atoms with E-state index in [4.69, 9.17) is 4.74 Å². The Morgan fingerprint density at radius 1 is 0.885 bits per heavy atom. The van der Waals surface area contributed by atoms with E-state index in [-0.39, 0.29) is 0 Å². The fourth-order valence-corrected chi connectivity index (χ4v) is 3.10. The van der Waals surface area contributed by atoms with Crippen LogP contribution in [0.3, 0.4) is 0 Å². The topological polar surface area (TPSA) is 12.5 Å². The molecule has 0 aliphatic rings. The highest BCUT2D eigenvalue weighted by molar-refractivity contribution is 5.27. The minimum absolute atomic E-state index is 0.706. The summed E-state index contributed by atoms with van der Waals surface area (Å²) in [5.74, 6) is 0.951. The van der Waals surface area contributed by atoms with E-state index in [1.165, 1.54) is 43.5 Å². The van der Waals surface area contributed by atoms with Crippen LogP contribution in [0.15, 0.2) is 67.3 Å². The van der Waals surface area contributed by atoms with Crippen LogP contribution in [0, 0.1) is 0 Å². The van der Waals surface area contributed by atoms with Crippen LogP contribution in [0.25, 0.3) is 0 Å². The van der Waals surface area contributed by atoms with Crippen LogP contribution in [0.5, 0.6) is 5.75 Å². The maximum Gasteiger partial charge on any atom is 0.119 e. The lowest BCUT2D eigenvalue weighted by atomic mass is 10.1. The van der Waals surface area contributed by atoms with Crippen molar-refractivity contribution in [2.24, 2.45) is 0 Å². The van der Waals surface area contributed by atoms with Gasteiger partial charge in [0.15, 0.2) is 0 Å². The summed E-state index contributed by atoms with van der Waals surface area (Å²) in [4.78, 5) is 2.57. The van der Waals surface area contributed by atoms with Crippen LogP contribution < -0.4 is 4.74 Å². The molecule has 0 bridgehead atoms. The molecule has 2 aromatic carbocycles. The molecule has 0 unspecified atom stereocenters. The molecule has 0 saturated carbocycles. The van der Waals surface area contributed by atoms with Crippen LogP contribution >= 0.6 is 0 Å². The summed E-state index contributed by atoms with van der Waals surface area (Å²) in [6.07, 6.45) is 7.50. The van der Waals surface area contributed by atoms with E-state index >= 15 is 0 Å². The second kappa shape index (κ2) is 12.3. The second-order valence-electron chi connectivity index (χ2n) is 6.70. The molecule has 0 N–H and O–H groups in total. The molecule has 0 fully saturated rings. The lowest BCUT2D eigenvalue weighted by Crippen LogP contribution is -2.26. The normalized spacial score (nSPS) is 10.8. The molecule has 140 valence electrons. The van der Waals surface area contributed by atoms with Crippen LogP contribution in [-0.2, 0) is 12.8 Å². The first-order chi connectivity index (χ1) is 12.8. The zero-order valence-corrected chi connectivity index (χ0v) is 16.2. The van der Waals surface area contributed by atoms with E-state index in [1.54, 1.807) is 0 Å². The lowest BCUT2D eigenvalue weighted by molar-refractivity contribution is 0.281. The van der Waals surface area contributed by atoms with Gasteiger partial charge in [0.25, 0.3) is 0 Å². The van der Waals surface area contributed by atoms with Gasteiger partial charge in [0, 0.05) is 0 Å². The zero-order valence-electron chi connectivity index (χ0n) is 16.2. The molecule has 0 aliphatic carbocycles. The summed E-state index contributed by atoms with van der Waals surface area (Å²) < 4.78 is 5.66. The number of ether oxygens (including phenoxy) is 1. The Balaban J connectivity index is 1.64. The molecule has 0 spiro atoms. The zero-order chi connectivity index (χ0) is 18.5. The van der Waals surface area contributed by atoms with Gasteiger partial charge < -0.3 is 9.64 Å². The van der Waals surface area contributed by atoms with Gasteiger partial charge in [0.05, 0.1) is 6.61 Å². The van der Waals surface area contributed by atoms with Crippen LogP contribution in [0.4, 0.5) is 0 Å². The Bertz CT molecular complexity index is 606. The molecular formula is C24H33NO. The highest BCUT2D eigenvalue weighted by atomic mass is 16.5. The van der Waals surface area contributed by atoms with Gasteiger partial charge >= 0.3 is 0 Å². The molecule has 0 radical (unpaired) electrons. The van der Waals surface area contributed by atoms with Gasteiger partial charge in [-0.3, -0.25) is 0 Å². The smallest absolute Gasteiger partial charge is 0.119 e. The molecular weight excluding hydrogens is 318 g/mol. The molecule has 0 saturated heterocycles. The van der Waals surface area contributed by atoms with Crippen molar-refractivity contribution < 1.29 is 4.74 Å². The number of nitrogens with zero attached hydrogens (tertiary/aromatic N) is 1. The Morgan fingerprint density at radius 2 is 1.50 bits per heavy atom. The molecule has 2 nitrogen and oxygen atoms in total. The summed E-state index contributed by atoms with van der Waals surface area (Å²) >= 11 is 0. The van der Waals surface area contributed by atoms with Gasteiger partial charge in [-0.1, -0.05) is 55.5 Å². The molecule has 0 aromatic heterocycles. The molecule has 2 aromatic rings. The van der Waals surface area contributed by atoms with E-state index in [0.29, 0.717) is 6.61 Å². The highest BCUT2D eigenvalue weighted by Crippen LogP contribution is 2.14. The van der Waals surface area contributed by atoms with E-state index < -0.39 is 0 Å². The first-order valence-electron chi connectivity index (χ1n) is 9.90. The maximum atomic E-state index is 5.66. The SMILES string of the molecule is C=CCCOc1ccc(CCCN(CC)CCCc2ccccc2)cc1. The monoisotopic (exact) mass is 351 g/mol. The number of aryl methyl sites for hydroxylation is 2. The fourth-order valence-electron chi connectivity index (χ4n) is 3.10. The van der Waals surface area contributed by atoms with Crippen LogP contribution in [0.2, 0.25) is 0 Å². The third kappa shape index (κ3) is 7.88. The standard InChI is InChI=1S/C24H33NO/c1-3-5-21-26-24-17-15-23(16-18-24)14-10-20-25(4-2)19-9-13-22-11-7-6-8-12-22/h3,6-8,11-12,15-18H,1,4-5,9-10,13-14,19-21H2,2H3. The quantitative estimate of drug-likeness (QED) is 0.347. The lowest BCUT2D eigenvalue weighted by Gasteiger charge is -2.20. The minimum atomic E-state index is 0.706. The number of hydrogen-bond donors (Lipinski definition) is 0. The summed E-state index contributed by atoms with van der Waals surface area (Å²) in [5, 5.41) is 0. The van der Waals surface area contributed by atoms with Crippen molar-refractivity contribution in [3.63, 3.8) is 0 Å². The average Bonchev–Trinajstić information content (AvgIpc) is 2.69. The first-order valence-corrected chi connectivity index (χ1v) is 9.90. The highest BCUT2D eigenvalue weighted by Gasteiger charge is 2.03. The van der Waals surface area contributed by atoms with Crippen molar-refractivity contribution in [2.45, 2.75) is 39.0 Å². The van der Waals surface area contributed by atoms with Crippen molar-refractivity contribution in [2.75, 3.05) is 26.2 Å². The van der Waals surface area contributed by atoms with Crippen molar-refractivity contribution in [1.29, 1.82) is 0 Å². The van der Waals surface area contributed by atoms with Gasteiger partial charge in [-0.25, -0.2) is 0 Å². The average molecular weight is 352 g/mol. The predicted molar refractivity (Wildman–Crippen MR) is 112 cm³/mol. The summed E-state index contributed by atoms with van der Waals surface area (Å²) in [7, 11) is 0. The van der Waals surface area contributed by atoms with Crippen molar-refractivity contribution in [3.8, 4) is 5.75 Å². The van der Waals surface area contributed by atoms with Crippen LogP contribution in [-0.4, -0.2) is 31.1 Å². The maximum absolute atomic E-state index is 5.66. The molecule has 0 aliphatic heterocycles.